The second-order valence-corrected chi connectivity index (χ2v) is 6.29. The minimum atomic E-state index is -1.68. The summed E-state index contributed by atoms with van der Waals surface area (Å²) in [7, 11) is 0. The maximum absolute atomic E-state index is 13.9. The first kappa shape index (κ1) is 16.4. The average Bonchev–Trinajstić information content (AvgIpc) is 3.05. The maximum Gasteiger partial charge on any atom is 0.264 e. The Labute approximate surface area is 139 Å². The van der Waals surface area contributed by atoms with Crippen molar-refractivity contribution in [3.8, 4) is 11.4 Å². The number of nitrogens with zero attached hydrogens (tertiary/aromatic N) is 5. The molecule has 7 nitrogen and oxygen atoms in total. The Bertz CT molecular complexity index is 732. The number of anilines is 1. The Morgan fingerprint density at radius 2 is 2.00 bits per heavy atom. The third-order valence-electron chi connectivity index (χ3n) is 3.99. The SMILES string of the molecule is CC(=O)N1CCN(c2cc(-c3noc(C(C)(C)F)n3)ccn2)CC1. The molecular weight excluding hydrogens is 313 g/mol. The van der Waals surface area contributed by atoms with Gasteiger partial charge in [-0.3, -0.25) is 4.79 Å². The molecule has 2 aromatic heterocycles. The first-order valence-electron chi connectivity index (χ1n) is 7.84. The highest BCUT2D eigenvalue weighted by Crippen LogP contribution is 2.26. The molecule has 3 rings (SSSR count). The van der Waals surface area contributed by atoms with E-state index in [0.717, 1.165) is 5.82 Å². The van der Waals surface area contributed by atoms with Crippen LogP contribution in [0.4, 0.5) is 10.2 Å². The highest BCUT2D eigenvalue weighted by molar-refractivity contribution is 5.73. The summed E-state index contributed by atoms with van der Waals surface area (Å²) < 4.78 is 18.9. The van der Waals surface area contributed by atoms with Gasteiger partial charge in [-0.15, -0.1) is 0 Å². The number of carbonyl (C=O) groups is 1. The van der Waals surface area contributed by atoms with Gasteiger partial charge in [-0.1, -0.05) is 5.16 Å². The van der Waals surface area contributed by atoms with E-state index in [0.29, 0.717) is 37.6 Å². The monoisotopic (exact) mass is 333 g/mol. The molecule has 1 aliphatic rings. The summed E-state index contributed by atoms with van der Waals surface area (Å²) >= 11 is 0. The van der Waals surface area contributed by atoms with Crippen molar-refractivity contribution in [3.63, 3.8) is 0 Å². The van der Waals surface area contributed by atoms with Gasteiger partial charge in [0.15, 0.2) is 5.67 Å². The first-order valence-corrected chi connectivity index (χ1v) is 7.84. The van der Waals surface area contributed by atoms with E-state index in [1.54, 1.807) is 19.2 Å². The van der Waals surface area contributed by atoms with Crippen molar-refractivity contribution < 1.29 is 13.7 Å². The van der Waals surface area contributed by atoms with Crippen molar-refractivity contribution in [1.82, 2.24) is 20.0 Å². The summed E-state index contributed by atoms with van der Waals surface area (Å²) in [5.41, 5.74) is -0.960. The number of aromatic nitrogens is 3. The summed E-state index contributed by atoms with van der Waals surface area (Å²) in [6.45, 7) is 7.09. The molecule has 8 heteroatoms. The van der Waals surface area contributed by atoms with Crippen molar-refractivity contribution in [3.05, 3.63) is 24.2 Å². The third-order valence-corrected chi connectivity index (χ3v) is 3.99. The Morgan fingerprint density at radius 1 is 1.29 bits per heavy atom. The number of amides is 1. The standard InChI is InChI=1S/C16H20FN5O2/c1-11(23)21-6-8-22(9-7-21)13-10-12(4-5-18-13)14-19-15(24-20-14)16(2,3)17/h4-5,10H,6-9H2,1-3H3. The average molecular weight is 333 g/mol. The minimum Gasteiger partial charge on any atom is -0.353 e. The van der Waals surface area contributed by atoms with Gasteiger partial charge in [0.1, 0.15) is 5.82 Å². The van der Waals surface area contributed by atoms with Crippen LogP contribution in [-0.2, 0) is 10.5 Å². The summed E-state index contributed by atoms with van der Waals surface area (Å²) in [5, 5.41) is 3.85. The largest absolute Gasteiger partial charge is 0.353 e. The Balaban J connectivity index is 1.78. The van der Waals surface area contributed by atoms with Crippen molar-refractivity contribution in [1.29, 1.82) is 0 Å². The molecule has 0 spiro atoms. The lowest BCUT2D eigenvalue weighted by Crippen LogP contribution is -2.48. The summed E-state index contributed by atoms with van der Waals surface area (Å²) in [5.74, 6) is 1.15. The lowest BCUT2D eigenvalue weighted by atomic mass is 10.2. The number of hydrogen-bond donors (Lipinski definition) is 0. The van der Waals surface area contributed by atoms with Crippen molar-refractivity contribution in [2.24, 2.45) is 0 Å². The van der Waals surface area contributed by atoms with Crippen LogP contribution in [-0.4, -0.2) is 52.1 Å². The lowest BCUT2D eigenvalue weighted by molar-refractivity contribution is -0.129. The smallest absolute Gasteiger partial charge is 0.264 e. The Kier molecular flexibility index (Phi) is 4.21. The van der Waals surface area contributed by atoms with Gasteiger partial charge in [-0.25, -0.2) is 9.37 Å². The molecule has 0 aromatic carbocycles. The molecule has 1 saturated heterocycles. The fourth-order valence-electron chi connectivity index (χ4n) is 2.56. The van der Waals surface area contributed by atoms with E-state index in [1.165, 1.54) is 13.8 Å². The molecule has 1 amide bonds. The van der Waals surface area contributed by atoms with Gasteiger partial charge < -0.3 is 14.3 Å². The van der Waals surface area contributed by atoms with E-state index in [9.17, 15) is 9.18 Å². The molecule has 2 aromatic rings. The van der Waals surface area contributed by atoms with E-state index >= 15 is 0 Å². The zero-order chi connectivity index (χ0) is 17.3. The van der Waals surface area contributed by atoms with E-state index < -0.39 is 5.67 Å². The van der Waals surface area contributed by atoms with Gasteiger partial charge in [-0.2, -0.15) is 4.98 Å². The van der Waals surface area contributed by atoms with Crippen LogP contribution < -0.4 is 4.90 Å². The molecule has 0 bridgehead atoms. The van der Waals surface area contributed by atoms with Gasteiger partial charge in [0.05, 0.1) is 0 Å². The maximum atomic E-state index is 13.9. The fraction of sp³-hybridized carbons (Fsp3) is 0.500. The van der Waals surface area contributed by atoms with Crippen LogP contribution in [0, 0.1) is 0 Å². The molecule has 0 aliphatic carbocycles. The number of rotatable bonds is 3. The topological polar surface area (TPSA) is 75.4 Å². The van der Waals surface area contributed by atoms with Crippen LogP contribution in [0.5, 0.6) is 0 Å². The molecule has 0 unspecified atom stereocenters. The number of carbonyl (C=O) groups excluding carboxylic acids is 1. The van der Waals surface area contributed by atoms with Gasteiger partial charge in [0, 0.05) is 44.9 Å². The van der Waals surface area contributed by atoms with Gasteiger partial charge in [-0.05, 0) is 26.0 Å². The first-order chi connectivity index (χ1) is 11.3. The molecule has 0 saturated carbocycles. The van der Waals surface area contributed by atoms with Crippen molar-refractivity contribution >= 4 is 11.7 Å². The second kappa shape index (κ2) is 6.18. The van der Waals surface area contributed by atoms with Crippen LogP contribution in [0.15, 0.2) is 22.9 Å². The normalized spacial score (nSPS) is 15.7. The molecular formula is C16H20FN5O2. The predicted octanol–water partition coefficient (Wildman–Crippen LogP) is 2.00. The quantitative estimate of drug-likeness (QED) is 0.855. The third kappa shape index (κ3) is 3.37. The summed E-state index contributed by atoms with van der Waals surface area (Å²) in [6, 6.07) is 3.61. The van der Waals surface area contributed by atoms with E-state index in [2.05, 4.69) is 20.0 Å². The Hall–Kier alpha value is -2.51. The van der Waals surface area contributed by atoms with E-state index in [4.69, 9.17) is 4.52 Å². The number of piperazine rings is 1. The summed E-state index contributed by atoms with van der Waals surface area (Å²) in [6.07, 6.45) is 1.67. The van der Waals surface area contributed by atoms with Crippen LogP contribution in [0.2, 0.25) is 0 Å². The zero-order valence-electron chi connectivity index (χ0n) is 14.0. The highest BCUT2D eigenvalue weighted by Gasteiger charge is 2.27. The van der Waals surface area contributed by atoms with Crippen molar-refractivity contribution in [2.75, 3.05) is 31.1 Å². The van der Waals surface area contributed by atoms with Crippen LogP contribution in [0.25, 0.3) is 11.4 Å². The minimum absolute atomic E-state index is 0.0501. The molecule has 0 atom stereocenters. The zero-order valence-corrected chi connectivity index (χ0v) is 14.0. The molecule has 0 N–H and O–H groups in total. The Morgan fingerprint density at radius 3 is 2.58 bits per heavy atom. The molecule has 3 heterocycles. The van der Waals surface area contributed by atoms with E-state index in [1.807, 2.05) is 11.0 Å². The van der Waals surface area contributed by atoms with Crippen LogP contribution >= 0.6 is 0 Å². The fourth-order valence-corrected chi connectivity index (χ4v) is 2.56. The molecule has 0 radical (unpaired) electrons. The molecule has 24 heavy (non-hydrogen) atoms. The second-order valence-electron chi connectivity index (χ2n) is 6.29. The molecule has 1 fully saturated rings. The van der Waals surface area contributed by atoms with Gasteiger partial charge in [0.25, 0.3) is 5.89 Å². The molecule has 1 aliphatic heterocycles. The number of hydrogen-bond acceptors (Lipinski definition) is 6. The van der Waals surface area contributed by atoms with E-state index in [-0.39, 0.29) is 11.8 Å². The van der Waals surface area contributed by atoms with Crippen LogP contribution in [0.1, 0.15) is 26.7 Å². The van der Waals surface area contributed by atoms with Crippen LogP contribution in [0.3, 0.4) is 0 Å². The molecule has 128 valence electrons. The summed E-state index contributed by atoms with van der Waals surface area (Å²) in [4.78, 5) is 23.8. The van der Waals surface area contributed by atoms with Gasteiger partial charge in [0.2, 0.25) is 11.7 Å². The lowest BCUT2D eigenvalue weighted by Gasteiger charge is -2.34. The number of halogens is 1. The number of pyridine rings is 1. The highest BCUT2D eigenvalue weighted by atomic mass is 19.1. The predicted molar refractivity (Wildman–Crippen MR) is 86.1 cm³/mol. The van der Waals surface area contributed by atoms with Crippen molar-refractivity contribution in [2.45, 2.75) is 26.4 Å². The number of alkyl halides is 1. The van der Waals surface area contributed by atoms with Gasteiger partial charge >= 0.3 is 0 Å².